The zero-order valence-electron chi connectivity index (χ0n) is 4.87. The summed E-state index contributed by atoms with van der Waals surface area (Å²) in [6, 6.07) is 0. The Hall–Kier alpha value is -0.110. The summed E-state index contributed by atoms with van der Waals surface area (Å²) in [5, 5.41) is 0. The van der Waals surface area contributed by atoms with Crippen LogP contribution in [0.4, 0.5) is 4.39 Å². The highest BCUT2D eigenvalue weighted by Crippen LogP contribution is 2.10. The Labute approximate surface area is 43.7 Å². The first kappa shape index (κ1) is 6.89. The largest absolute Gasteiger partial charge is 0.328 e. The van der Waals surface area contributed by atoms with E-state index in [0.717, 1.165) is 0 Å². The smallest absolute Gasteiger partial charge is 0.120 e. The lowest BCUT2D eigenvalue weighted by Crippen LogP contribution is -2.27. The van der Waals surface area contributed by atoms with Gasteiger partial charge in [-0.2, -0.15) is 0 Å². The van der Waals surface area contributed by atoms with Crippen LogP contribution in [0.2, 0.25) is 0 Å². The Balaban J connectivity index is 3.36. The van der Waals surface area contributed by atoms with Gasteiger partial charge in [-0.3, -0.25) is 0 Å². The predicted octanol–water partition coefficient (Wildman–Crippen LogP) is 1.08. The van der Waals surface area contributed by atoms with Crippen LogP contribution < -0.4 is 5.73 Å². The SMILES string of the molecule is CC[C@](C)(F)CN. The van der Waals surface area contributed by atoms with Gasteiger partial charge in [0.2, 0.25) is 0 Å². The Kier molecular flexibility index (Phi) is 2.23. The molecule has 44 valence electrons. The molecule has 1 atom stereocenters. The van der Waals surface area contributed by atoms with E-state index in [1.165, 1.54) is 6.92 Å². The quantitative estimate of drug-likeness (QED) is 0.558. The second-order valence-corrected chi connectivity index (χ2v) is 1.97. The van der Waals surface area contributed by atoms with E-state index in [-0.39, 0.29) is 6.54 Å². The van der Waals surface area contributed by atoms with Crippen molar-refractivity contribution in [1.82, 2.24) is 0 Å². The molecule has 0 unspecified atom stereocenters. The molecule has 7 heavy (non-hydrogen) atoms. The topological polar surface area (TPSA) is 26.0 Å². The molecule has 0 radical (unpaired) electrons. The van der Waals surface area contributed by atoms with Crippen LogP contribution >= 0.6 is 0 Å². The number of rotatable bonds is 2. The van der Waals surface area contributed by atoms with Crippen LogP contribution in [-0.2, 0) is 0 Å². The molecule has 1 nitrogen and oxygen atoms in total. The molecule has 0 aliphatic rings. The Morgan fingerprint density at radius 2 is 2.14 bits per heavy atom. The summed E-state index contributed by atoms with van der Waals surface area (Å²) in [5.74, 6) is 0. The van der Waals surface area contributed by atoms with Gasteiger partial charge >= 0.3 is 0 Å². The molecule has 2 N–H and O–H groups in total. The maximum Gasteiger partial charge on any atom is 0.120 e. The van der Waals surface area contributed by atoms with Gasteiger partial charge in [-0.05, 0) is 13.3 Å². The monoisotopic (exact) mass is 105 g/mol. The summed E-state index contributed by atoms with van der Waals surface area (Å²) in [5.41, 5.74) is 3.90. The summed E-state index contributed by atoms with van der Waals surface area (Å²) in [6.07, 6.45) is 0.503. The molecule has 0 heterocycles. The van der Waals surface area contributed by atoms with Gasteiger partial charge in [0.15, 0.2) is 0 Å². The highest BCUT2D eigenvalue weighted by Gasteiger charge is 2.16. The van der Waals surface area contributed by atoms with E-state index in [4.69, 9.17) is 5.73 Å². The first-order chi connectivity index (χ1) is 3.12. The highest BCUT2D eigenvalue weighted by molar-refractivity contribution is 4.70. The van der Waals surface area contributed by atoms with E-state index in [1.807, 2.05) is 0 Å². The summed E-state index contributed by atoms with van der Waals surface area (Å²) in [4.78, 5) is 0. The molecule has 0 aromatic carbocycles. The molecule has 2 heteroatoms. The standard InChI is InChI=1S/C5H12FN/c1-3-5(2,6)4-7/h3-4,7H2,1-2H3/t5-/m0/s1. The van der Waals surface area contributed by atoms with E-state index >= 15 is 0 Å². The number of alkyl halides is 1. The fourth-order valence-electron chi connectivity index (χ4n) is 0.144. The number of halogens is 1. The molecule has 0 aromatic rings. The highest BCUT2D eigenvalue weighted by atomic mass is 19.1. The molecule has 0 rings (SSSR count). The van der Waals surface area contributed by atoms with E-state index < -0.39 is 5.67 Å². The van der Waals surface area contributed by atoms with Crippen LogP contribution in [-0.4, -0.2) is 12.2 Å². The lowest BCUT2D eigenvalue weighted by atomic mass is 10.1. The van der Waals surface area contributed by atoms with Crippen LogP contribution in [0.5, 0.6) is 0 Å². The molecule has 0 spiro atoms. The fourth-order valence-corrected chi connectivity index (χ4v) is 0.144. The van der Waals surface area contributed by atoms with E-state index in [2.05, 4.69) is 0 Å². The van der Waals surface area contributed by atoms with Crippen LogP contribution in [0.1, 0.15) is 20.3 Å². The molecule has 0 aromatic heterocycles. The van der Waals surface area contributed by atoms with Crippen LogP contribution in [0.25, 0.3) is 0 Å². The minimum Gasteiger partial charge on any atom is -0.328 e. The van der Waals surface area contributed by atoms with Crippen molar-refractivity contribution in [3.8, 4) is 0 Å². The van der Waals surface area contributed by atoms with Gasteiger partial charge in [0.1, 0.15) is 5.67 Å². The summed E-state index contributed by atoms with van der Waals surface area (Å²) < 4.78 is 12.4. The Morgan fingerprint density at radius 1 is 1.71 bits per heavy atom. The zero-order valence-corrected chi connectivity index (χ0v) is 4.87. The predicted molar refractivity (Wildman–Crippen MR) is 28.9 cm³/mol. The van der Waals surface area contributed by atoms with Crippen LogP contribution in [0, 0.1) is 0 Å². The Bertz CT molecular complexity index is 46.0. The maximum absolute atomic E-state index is 12.4. The third kappa shape index (κ3) is 2.57. The minimum absolute atomic E-state index is 0.128. The van der Waals surface area contributed by atoms with Gasteiger partial charge in [-0.25, -0.2) is 4.39 Å². The van der Waals surface area contributed by atoms with E-state index in [0.29, 0.717) is 6.42 Å². The van der Waals surface area contributed by atoms with Crippen molar-refractivity contribution in [2.75, 3.05) is 6.54 Å². The number of hydrogen-bond donors (Lipinski definition) is 1. The molecule has 0 saturated heterocycles. The van der Waals surface area contributed by atoms with E-state index in [1.54, 1.807) is 6.92 Å². The molecule has 0 bridgehead atoms. The second kappa shape index (κ2) is 2.26. The van der Waals surface area contributed by atoms with Crippen molar-refractivity contribution in [2.24, 2.45) is 5.73 Å². The van der Waals surface area contributed by atoms with Gasteiger partial charge < -0.3 is 5.73 Å². The zero-order chi connectivity index (χ0) is 5.91. The lowest BCUT2D eigenvalue weighted by molar-refractivity contribution is 0.194. The molecular formula is C5H12FN. The van der Waals surface area contributed by atoms with Crippen molar-refractivity contribution in [3.63, 3.8) is 0 Å². The number of hydrogen-bond acceptors (Lipinski definition) is 1. The van der Waals surface area contributed by atoms with Gasteiger partial charge in [0.25, 0.3) is 0 Å². The summed E-state index contributed by atoms with van der Waals surface area (Å²) >= 11 is 0. The van der Waals surface area contributed by atoms with Crippen molar-refractivity contribution >= 4 is 0 Å². The van der Waals surface area contributed by atoms with Gasteiger partial charge in [-0.15, -0.1) is 0 Å². The van der Waals surface area contributed by atoms with E-state index in [9.17, 15) is 4.39 Å². The minimum atomic E-state index is -1.14. The first-order valence-corrected chi connectivity index (χ1v) is 2.51. The third-order valence-corrected chi connectivity index (χ3v) is 1.16. The van der Waals surface area contributed by atoms with Crippen LogP contribution in [0.15, 0.2) is 0 Å². The normalized spacial score (nSPS) is 18.9. The molecule has 0 aliphatic heterocycles. The second-order valence-electron chi connectivity index (χ2n) is 1.97. The number of nitrogens with two attached hydrogens (primary N) is 1. The molecule has 0 fully saturated rings. The van der Waals surface area contributed by atoms with Gasteiger partial charge in [-0.1, -0.05) is 6.92 Å². The fraction of sp³-hybridized carbons (Fsp3) is 1.00. The van der Waals surface area contributed by atoms with Crippen molar-refractivity contribution in [3.05, 3.63) is 0 Å². The first-order valence-electron chi connectivity index (χ1n) is 2.51. The summed E-state index contributed by atoms with van der Waals surface area (Å²) in [7, 11) is 0. The van der Waals surface area contributed by atoms with Crippen LogP contribution in [0.3, 0.4) is 0 Å². The van der Waals surface area contributed by atoms with Crippen molar-refractivity contribution in [2.45, 2.75) is 25.9 Å². The van der Waals surface area contributed by atoms with Crippen molar-refractivity contribution in [1.29, 1.82) is 0 Å². The molecular weight excluding hydrogens is 93.1 g/mol. The third-order valence-electron chi connectivity index (χ3n) is 1.16. The van der Waals surface area contributed by atoms with Crippen molar-refractivity contribution < 1.29 is 4.39 Å². The van der Waals surface area contributed by atoms with Gasteiger partial charge in [0, 0.05) is 6.54 Å². The average Bonchev–Trinajstić information content (AvgIpc) is 1.68. The maximum atomic E-state index is 12.4. The summed E-state index contributed by atoms with van der Waals surface area (Å²) in [6.45, 7) is 3.42. The average molecular weight is 105 g/mol. The lowest BCUT2D eigenvalue weighted by Gasteiger charge is -2.13. The molecule has 0 saturated carbocycles. The Morgan fingerprint density at radius 3 is 2.14 bits per heavy atom. The van der Waals surface area contributed by atoms with Gasteiger partial charge in [0.05, 0.1) is 0 Å². The molecule has 0 amide bonds. The molecule has 0 aliphatic carbocycles.